The summed E-state index contributed by atoms with van der Waals surface area (Å²) in [6.45, 7) is 3.60. The molecule has 1 aromatic rings. The molecule has 0 amide bonds. The van der Waals surface area contributed by atoms with Crippen molar-refractivity contribution in [1.82, 2.24) is 0 Å². The molecule has 0 aliphatic carbocycles. The van der Waals surface area contributed by atoms with Crippen LogP contribution in [-0.2, 0) is 18.9 Å². The van der Waals surface area contributed by atoms with E-state index in [1.54, 1.807) is 13.8 Å². The lowest BCUT2D eigenvalue weighted by Crippen LogP contribution is -2.30. The lowest BCUT2D eigenvalue weighted by molar-refractivity contribution is -0.411. The third kappa shape index (κ3) is 3.62. The number of thioether (sulfide) groups is 1. The van der Waals surface area contributed by atoms with Crippen LogP contribution in [0.1, 0.15) is 13.8 Å². The minimum atomic E-state index is -0.774. The van der Waals surface area contributed by atoms with Crippen LogP contribution in [-0.4, -0.2) is 42.4 Å². The van der Waals surface area contributed by atoms with Crippen LogP contribution in [0.4, 0.5) is 0 Å². The van der Waals surface area contributed by atoms with Gasteiger partial charge in [-0.3, -0.25) is 10.1 Å². The van der Waals surface area contributed by atoms with Gasteiger partial charge in [0.1, 0.15) is 18.3 Å². The average Bonchev–Trinajstić information content (AvgIpc) is 3.01. The molecule has 2 fully saturated rings. The molecule has 0 N–H and O–H groups in total. The molecule has 1 aromatic carbocycles. The first-order valence-corrected chi connectivity index (χ1v) is 8.34. The monoisotopic (exact) mass is 353 g/mol. The zero-order chi connectivity index (χ0) is 17.3. The van der Waals surface area contributed by atoms with Gasteiger partial charge in [-0.1, -0.05) is 18.2 Å². The Kier molecular flexibility index (Phi) is 4.93. The van der Waals surface area contributed by atoms with Crippen molar-refractivity contribution in [2.24, 2.45) is 0 Å². The van der Waals surface area contributed by atoms with E-state index in [-0.39, 0.29) is 5.03 Å². The number of rotatable bonds is 5. The maximum atomic E-state index is 11.4. The summed E-state index contributed by atoms with van der Waals surface area (Å²) in [6, 6.07) is 9.16. The predicted octanol–water partition coefficient (Wildman–Crippen LogP) is 2.79. The molecule has 0 radical (unpaired) electrons. The Morgan fingerprint density at radius 3 is 2.58 bits per heavy atom. The van der Waals surface area contributed by atoms with E-state index in [2.05, 4.69) is 0 Å². The van der Waals surface area contributed by atoms with Gasteiger partial charge in [0, 0.05) is 18.1 Å². The second kappa shape index (κ2) is 6.81. The number of benzene rings is 1. The second-order valence-electron chi connectivity index (χ2n) is 5.95. The smallest absolute Gasteiger partial charge is 0.306 e. The van der Waals surface area contributed by atoms with Crippen molar-refractivity contribution in [2.75, 3.05) is 7.11 Å². The summed E-state index contributed by atoms with van der Waals surface area (Å²) in [5.74, 6) is -0.774. The van der Waals surface area contributed by atoms with E-state index in [4.69, 9.17) is 18.9 Å². The number of hydrogen-bond donors (Lipinski definition) is 0. The van der Waals surface area contributed by atoms with Gasteiger partial charge in [0.05, 0.1) is 4.92 Å². The highest BCUT2D eigenvalue weighted by molar-refractivity contribution is 8.02. The SMILES string of the molecule is COC1O[C@H](/C=C(\Sc2ccccc2)[N+](=O)[O-])C2OC(C)(C)OC12. The molecule has 8 heteroatoms. The lowest BCUT2D eigenvalue weighted by atomic mass is 10.1. The molecule has 2 aliphatic rings. The van der Waals surface area contributed by atoms with Crippen LogP contribution in [0.15, 0.2) is 46.3 Å². The molecule has 2 heterocycles. The Morgan fingerprint density at radius 1 is 1.29 bits per heavy atom. The fraction of sp³-hybridized carbons (Fsp3) is 0.500. The van der Waals surface area contributed by atoms with E-state index in [0.717, 1.165) is 16.7 Å². The fourth-order valence-electron chi connectivity index (χ4n) is 2.80. The Balaban J connectivity index is 1.83. The van der Waals surface area contributed by atoms with Crippen molar-refractivity contribution in [1.29, 1.82) is 0 Å². The normalized spacial score (nSPS) is 31.9. The molecule has 0 saturated carbocycles. The predicted molar refractivity (Wildman–Crippen MR) is 86.9 cm³/mol. The second-order valence-corrected chi connectivity index (χ2v) is 7.04. The van der Waals surface area contributed by atoms with Crippen molar-refractivity contribution in [3.05, 3.63) is 51.6 Å². The van der Waals surface area contributed by atoms with Crippen LogP contribution in [0, 0.1) is 10.1 Å². The standard InChI is InChI=1S/C16H19NO6S/c1-16(2)22-13-11(21-15(20-3)14(13)23-16)9-12(17(18)19)24-10-7-5-4-6-8-10/h4-9,11,13-15H,1-3H3/b12-9-/t11-,13?,14?,15?/m1/s1. The minimum absolute atomic E-state index is 0.0185. The van der Waals surface area contributed by atoms with Crippen molar-refractivity contribution in [3.63, 3.8) is 0 Å². The number of fused-ring (bicyclic) bond motifs is 1. The number of methoxy groups -OCH3 is 1. The molecule has 3 rings (SSSR count). The molecule has 130 valence electrons. The third-order valence-electron chi connectivity index (χ3n) is 3.73. The van der Waals surface area contributed by atoms with E-state index in [1.165, 1.54) is 13.2 Å². The molecule has 24 heavy (non-hydrogen) atoms. The van der Waals surface area contributed by atoms with Crippen LogP contribution in [0.25, 0.3) is 0 Å². The first-order valence-electron chi connectivity index (χ1n) is 7.52. The summed E-state index contributed by atoms with van der Waals surface area (Å²) >= 11 is 1.07. The first kappa shape index (κ1) is 17.4. The molecule has 7 nitrogen and oxygen atoms in total. The average molecular weight is 353 g/mol. The highest BCUT2D eigenvalue weighted by atomic mass is 32.2. The highest BCUT2D eigenvalue weighted by Crippen LogP contribution is 2.40. The van der Waals surface area contributed by atoms with Gasteiger partial charge in [-0.05, 0) is 37.7 Å². The maximum Gasteiger partial charge on any atom is 0.306 e. The molecular formula is C16H19NO6S. The van der Waals surface area contributed by atoms with Gasteiger partial charge in [-0.2, -0.15) is 0 Å². The van der Waals surface area contributed by atoms with Crippen molar-refractivity contribution < 1.29 is 23.9 Å². The Hall–Kier alpha value is -1.45. The molecule has 0 spiro atoms. The highest BCUT2D eigenvalue weighted by Gasteiger charge is 2.55. The number of hydrogen-bond acceptors (Lipinski definition) is 7. The molecule has 0 bridgehead atoms. The quantitative estimate of drug-likeness (QED) is 0.457. The van der Waals surface area contributed by atoms with Crippen LogP contribution in [0.2, 0.25) is 0 Å². The van der Waals surface area contributed by atoms with Gasteiger partial charge in [0.15, 0.2) is 12.1 Å². The van der Waals surface area contributed by atoms with Crippen LogP contribution in [0.3, 0.4) is 0 Å². The van der Waals surface area contributed by atoms with Crippen molar-refractivity contribution >= 4 is 11.8 Å². The summed E-state index contributed by atoms with van der Waals surface area (Å²) in [6.07, 6.45) is -0.623. The number of ether oxygens (including phenoxy) is 4. The van der Waals surface area contributed by atoms with Gasteiger partial charge in [0.25, 0.3) is 0 Å². The summed E-state index contributed by atoms with van der Waals surface area (Å²) in [4.78, 5) is 11.8. The molecule has 2 saturated heterocycles. The summed E-state index contributed by atoms with van der Waals surface area (Å²) in [7, 11) is 1.51. The zero-order valence-electron chi connectivity index (χ0n) is 13.6. The molecule has 3 unspecified atom stereocenters. The van der Waals surface area contributed by atoms with Gasteiger partial charge < -0.3 is 18.9 Å². The van der Waals surface area contributed by atoms with Gasteiger partial charge in [-0.15, -0.1) is 0 Å². The van der Waals surface area contributed by atoms with E-state index in [9.17, 15) is 10.1 Å². The summed E-state index contributed by atoms with van der Waals surface area (Å²) < 4.78 is 22.6. The van der Waals surface area contributed by atoms with Gasteiger partial charge in [0.2, 0.25) is 0 Å². The summed E-state index contributed by atoms with van der Waals surface area (Å²) in [5, 5.41) is 11.4. The van der Waals surface area contributed by atoms with E-state index in [1.807, 2.05) is 30.3 Å². The number of nitrogens with zero attached hydrogens (tertiary/aromatic N) is 1. The van der Waals surface area contributed by atoms with Crippen LogP contribution < -0.4 is 0 Å². The van der Waals surface area contributed by atoms with E-state index >= 15 is 0 Å². The summed E-state index contributed by atoms with van der Waals surface area (Å²) in [5.41, 5.74) is 0. The fourth-order valence-corrected chi connectivity index (χ4v) is 3.61. The maximum absolute atomic E-state index is 11.4. The van der Waals surface area contributed by atoms with E-state index in [0.29, 0.717) is 0 Å². The molecule has 2 aliphatic heterocycles. The first-order chi connectivity index (χ1) is 11.4. The molecule has 4 atom stereocenters. The molecular weight excluding hydrogens is 334 g/mol. The Labute approximate surface area is 144 Å². The van der Waals surface area contributed by atoms with Gasteiger partial charge >= 0.3 is 5.03 Å². The topological polar surface area (TPSA) is 80.1 Å². The lowest BCUT2D eigenvalue weighted by Gasteiger charge is -2.22. The third-order valence-corrected chi connectivity index (χ3v) is 4.73. The van der Waals surface area contributed by atoms with Crippen molar-refractivity contribution in [3.8, 4) is 0 Å². The van der Waals surface area contributed by atoms with Gasteiger partial charge in [-0.25, -0.2) is 0 Å². The van der Waals surface area contributed by atoms with E-state index < -0.39 is 35.3 Å². The molecule has 0 aromatic heterocycles. The van der Waals surface area contributed by atoms with Crippen LogP contribution in [0.5, 0.6) is 0 Å². The minimum Gasteiger partial charge on any atom is -0.353 e. The largest absolute Gasteiger partial charge is 0.353 e. The number of nitro groups is 1. The Morgan fingerprint density at radius 2 is 1.96 bits per heavy atom. The zero-order valence-corrected chi connectivity index (χ0v) is 14.4. The van der Waals surface area contributed by atoms with Crippen LogP contribution >= 0.6 is 11.8 Å². The van der Waals surface area contributed by atoms with Crippen molar-refractivity contribution in [2.45, 2.75) is 49.1 Å². The Bertz CT molecular complexity index is 635.